The van der Waals surface area contributed by atoms with Crippen LogP contribution < -0.4 is 0 Å². The summed E-state index contributed by atoms with van der Waals surface area (Å²) in [6.07, 6.45) is 0.594. The van der Waals surface area contributed by atoms with Gasteiger partial charge in [0.25, 0.3) is 0 Å². The highest BCUT2D eigenvalue weighted by atomic mass is 32.2. The van der Waals surface area contributed by atoms with E-state index in [-0.39, 0.29) is 17.8 Å². The molecule has 0 saturated carbocycles. The summed E-state index contributed by atoms with van der Waals surface area (Å²) in [4.78, 5) is 9.80. The standard InChI is InChI=1S/C10H10F2O3S/c1-6(13)3-7-4-8(11)10(9(12)5-7)16(2,14)15/h4-5H,3H2,1-2H3. The van der Waals surface area contributed by atoms with Crippen molar-refractivity contribution in [2.75, 3.05) is 6.26 Å². The second-order valence-corrected chi connectivity index (χ2v) is 5.49. The minimum atomic E-state index is -3.94. The van der Waals surface area contributed by atoms with Gasteiger partial charge in [-0.1, -0.05) is 0 Å². The molecule has 0 atom stereocenters. The highest BCUT2D eigenvalue weighted by Gasteiger charge is 2.20. The summed E-state index contributed by atoms with van der Waals surface area (Å²) in [5.41, 5.74) is 0.120. The number of hydrogen-bond donors (Lipinski definition) is 0. The second-order valence-electron chi connectivity index (χ2n) is 3.54. The molecule has 3 nitrogen and oxygen atoms in total. The first kappa shape index (κ1) is 12.8. The SMILES string of the molecule is CC(=O)Cc1cc(F)c(S(C)(=O)=O)c(F)c1. The van der Waals surface area contributed by atoms with Gasteiger partial charge in [0.15, 0.2) is 9.84 Å². The summed E-state index contributed by atoms with van der Waals surface area (Å²) in [6, 6.07) is 1.72. The molecular formula is C10H10F2O3S. The van der Waals surface area contributed by atoms with E-state index in [0.29, 0.717) is 0 Å². The maximum Gasteiger partial charge on any atom is 0.181 e. The van der Waals surface area contributed by atoms with Gasteiger partial charge in [0, 0.05) is 12.7 Å². The van der Waals surface area contributed by atoms with E-state index in [0.717, 1.165) is 18.4 Å². The number of carbonyl (C=O) groups is 1. The first-order valence-corrected chi connectivity index (χ1v) is 6.28. The molecular weight excluding hydrogens is 238 g/mol. The van der Waals surface area contributed by atoms with Crippen molar-refractivity contribution in [3.8, 4) is 0 Å². The maximum absolute atomic E-state index is 13.3. The van der Waals surface area contributed by atoms with Crippen molar-refractivity contribution in [1.82, 2.24) is 0 Å². The van der Waals surface area contributed by atoms with Gasteiger partial charge in [-0.15, -0.1) is 0 Å². The van der Waals surface area contributed by atoms with Gasteiger partial charge < -0.3 is 0 Å². The number of ketones is 1. The Bertz CT molecular complexity index is 512. The lowest BCUT2D eigenvalue weighted by molar-refractivity contribution is -0.116. The van der Waals surface area contributed by atoms with Crippen LogP contribution >= 0.6 is 0 Å². The van der Waals surface area contributed by atoms with Crippen LogP contribution in [0.15, 0.2) is 17.0 Å². The lowest BCUT2D eigenvalue weighted by Gasteiger charge is -2.05. The van der Waals surface area contributed by atoms with Crippen LogP contribution in [0.5, 0.6) is 0 Å². The molecule has 0 aliphatic rings. The second kappa shape index (κ2) is 4.29. The number of hydrogen-bond acceptors (Lipinski definition) is 3. The molecule has 6 heteroatoms. The molecule has 0 amide bonds. The van der Waals surface area contributed by atoms with Gasteiger partial charge >= 0.3 is 0 Å². The zero-order valence-corrected chi connectivity index (χ0v) is 9.57. The Morgan fingerprint density at radius 1 is 1.25 bits per heavy atom. The smallest absolute Gasteiger partial charge is 0.181 e. The third-order valence-corrected chi connectivity index (χ3v) is 3.01. The topological polar surface area (TPSA) is 51.2 Å². The number of benzene rings is 1. The van der Waals surface area contributed by atoms with Crippen molar-refractivity contribution in [2.45, 2.75) is 18.2 Å². The lowest BCUT2D eigenvalue weighted by Crippen LogP contribution is -2.07. The predicted molar refractivity (Wildman–Crippen MR) is 53.9 cm³/mol. The fraction of sp³-hybridized carbons (Fsp3) is 0.300. The van der Waals surface area contributed by atoms with Crippen molar-refractivity contribution >= 4 is 15.6 Å². The van der Waals surface area contributed by atoms with E-state index < -0.39 is 26.4 Å². The molecule has 1 aromatic carbocycles. The Labute approximate surface area is 92.0 Å². The van der Waals surface area contributed by atoms with Crippen LogP contribution in [0.4, 0.5) is 8.78 Å². The van der Waals surface area contributed by atoms with Crippen molar-refractivity contribution in [1.29, 1.82) is 0 Å². The average molecular weight is 248 g/mol. The molecule has 0 saturated heterocycles. The normalized spacial score (nSPS) is 11.5. The number of sulfone groups is 1. The number of carbonyl (C=O) groups excluding carboxylic acids is 1. The fourth-order valence-electron chi connectivity index (χ4n) is 1.36. The minimum absolute atomic E-state index is 0.120. The van der Waals surface area contributed by atoms with E-state index in [2.05, 4.69) is 0 Å². The van der Waals surface area contributed by atoms with Gasteiger partial charge in [0.05, 0.1) is 0 Å². The molecule has 16 heavy (non-hydrogen) atoms. The van der Waals surface area contributed by atoms with E-state index in [4.69, 9.17) is 0 Å². The van der Waals surface area contributed by atoms with E-state index in [1.54, 1.807) is 0 Å². The Morgan fingerprint density at radius 2 is 1.69 bits per heavy atom. The van der Waals surface area contributed by atoms with Crippen LogP contribution in [0.25, 0.3) is 0 Å². The van der Waals surface area contributed by atoms with E-state index >= 15 is 0 Å². The van der Waals surface area contributed by atoms with Gasteiger partial charge in [0.2, 0.25) is 0 Å². The Morgan fingerprint density at radius 3 is 2.00 bits per heavy atom. The summed E-state index contributed by atoms with van der Waals surface area (Å²) in [6.45, 7) is 1.28. The molecule has 0 bridgehead atoms. The minimum Gasteiger partial charge on any atom is -0.300 e. The molecule has 1 rings (SSSR count). The molecule has 0 spiro atoms. The number of Topliss-reactive ketones (excluding diaryl/α,β-unsaturated/α-hetero) is 1. The van der Waals surface area contributed by atoms with Gasteiger partial charge in [-0.05, 0) is 24.6 Å². The van der Waals surface area contributed by atoms with Crippen LogP contribution in [0, 0.1) is 11.6 Å². The molecule has 0 aromatic heterocycles. The highest BCUT2D eigenvalue weighted by molar-refractivity contribution is 7.90. The molecule has 0 heterocycles. The quantitative estimate of drug-likeness (QED) is 0.814. The molecule has 0 fully saturated rings. The monoisotopic (exact) mass is 248 g/mol. The first-order chi connectivity index (χ1) is 7.21. The number of rotatable bonds is 3. The summed E-state index contributed by atoms with van der Waals surface area (Å²) in [5.74, 6) is -2.59. The van der Waals surface area contributed by atoms with Crippen LogP contribution in [-0.4, -0.2) is 20.5 Å². The van der Waals surface area contributed by atoms with Gasteiger partial charge in [-0.3, -0.25) is 4.79 Å². The summed E-state index contributed by atoms with van der Waals surface area (Å²) < 4.78 is 48.8. The summed E-state index contributed by atoms with van der Waals surface area (Å²) >= 11 is 0. The Hall–Kier alpha value is -1.30. The molecule has 0 aliphatic carbocycles. The van der Waals surface area contributed by atoms with Gasteiger partial charge in [0.1, 0.15) is 22.3 Å². The third kappa shape index (κ3) is 2.85. The average Bonchev–Trinajstić information content (AvgIpc) is 1.96. The van der Waals surface area contributed by atoms with Crippen LogP contribution in [0.3, 0.4) is 0 Å². The third-order valence-electron chi connectivity index (χ3n) is 1.88. The van der Waals surface area contributed by atoms with Crippen molar-refractivity contribution < 1.29 is 22.0 Å². The molecule has 0 N–H and O–H groups in total. The largest absolute Gasteiger partial charge is 0.300 e. The Balaban J connectivity index is 3.34. The zero-order valence-electron chi connectivity index (χ0n) is 8.75. The van der Waals surface area contributed by atoms with Gasteiger partial charge in [-0.25, -0.2) is 17.2 Å². The number of halogens is 2. The highest BCUT2D eigenvalue weighted by Crippen LogP contribution is 2.20. The summed E-state index contributed by atoms with van der Waals surface area (Å²) in [7, 11) is -3.94. The van der Waals surface area contributed by atoms with Crippen LogP contribution in [0.2, 0.25) is 0 Å². The molecule has 88 valence electrons. The first-order valence-electron chi connectivity index (χ1n) is 4.39. The lowest BCUT2D eigenvalue weighted by atomic mass is 10.1. The van der Waals surface area contributed by atoms with Crippen LogP contribution in [-0.2, 0) is 21.1 Å². The zero-order chi connectivity index (χ0) is 12.5. The molecule has 0 aliphatic heterocycles. The van der Waals surface area contributed by atoms with Gasteiger partial charge in [-0.2, -0.15) is 0 Å². The van der Waals surface area contributed by atoms with Crippen molar-refractivity contribution in [3.63, 3.8) is 0 Å². The molecule has 0 radical (unpaired) electrons. The van der Waals surface area contributed by atoms with E-state index in [1.807, 2.05) is 0 Å². The maximum atomic E-state index is 13.3. The predicted octanol–water partition coefficient (Wildman–Crippen LogP) is 1.50. The molecule has 0 unspecified atom stereocenters. The van der Waals surface area contributed by atoms with E-state index in [1.165, 1.54) is 6.92 Å². The van der Waals surface area contributed by atoms with Crippen molar-refractivity contribution in [2.24, 2.45) is 0 Å². The molecule has 1 aromatic rings. The van der Waals surface area contributed by atoms with Crippen LogP contribution in [0.1, 0.15) is 12.5 Å². The Kier molecular flexibility index (Phi) is 3.42. The van der Waals surface area contributed by atoms with Crippen molar-refractivity contribution in [3.05, 3.63) is 29.3 Å². The summed E-state index contributed by atoms with van der Waals surface area (Å²) in [5, 5.41) is 0. The fourth-order valence-corrected chi connectivity index (χ4v) is 2.18. The van der Waals surface area contributed by atoms with E-state index in [9.17, 15) is 22.0 Å².